The molecule has 0 bridgehead atoms. The summed E-state index contributed by atoms with van der Waals surface area (Å²) in [5, 5.41) is 16.9. The molecule has 2 N–H and O–H groups in total. The molecule has 9 heteroatoms. The largest absolute Gasteiger partial charge is 0.379 e. The van der Waals surface area contributed by atoms with Crippen LogP contribution in [0.15, 0.2) is 48.5 Å². The Hall–Kier alpha value is -2.68. The maximum absolute atomic E-state index is 12.3. The van der Waals surface area contributed by atoms with E-state index in [2.05, 4.69) is 15.5 Å². The van der Waals surface area contributed by atoms with Gasteiger partial charge in [-0.1, -0.05) is 29.8 Å². The molecule has 0 saturated carbocycles. The van der Waals surface area contributed by atoms with E-state index in [1.807, 2.05) is 24.3 Å². The molecule has 0 spiro atoms. The first-order valence-electron chi connectivity index (χ1n) is 8.90. The molecule has 148 valence electrons. The molecule has 1 unspecified atom stereocenters. The molecule has 2 amide bonds. The fourth-order valence-corrected chi connectivity index (χ4v) is 3.36. The van der Waals surface area contributed by atoms with Gasteiger partial charge in [0.25, 0.3) is 5.69 Å². The number of ether oxygens (including phenoxy) is 1. The fraction of sp³-hybridized carbons (Fsp3) is 0.316. The van der Waals surface area contributed by atoms with E-state index in [1.54, 1.807) is 0 Å². The van der Waals surface area contributed by atoms with Crippen molar-refractivity contribution in [2.75, 3.05) is 38.2 Å². The second-order valence-electron chi connectivity index (χ2n) is 6.32. The van der Waals surface area contributed by atoms with Gasteiger partial charge < -0.3 is 15.4 Å². The highest BCUT2D eigenvalue weighted by atomic mass is 35.5. The van der Waals surface area contributed by atoms with E-state index >= 15 is 0 Å². The zero-order valence-corrected chi connectivity index (χ0v) is 15.9. The smallest absolute Gasteiger partial charge is 0.319 e. The van der Waals surface area contributed by atoms with Gasteiger partial charge in [0.2, 0.25) is 0 Å². The van der Waals surface area contributed by atoms with Crippen LogP contribution in [-0.2, 0) is 4.74 Å². The third kappa shape index (κ3) is 5.19. The van der Waals surface area contributed by atoms with Crippen molar-refractivity contribution in [2.24, 2.45) is 0 Å². The molecule has 3 rings (SSSR count). The summed E-state index contributed by atoms with van der Waals surface area (Å²) >= 11 is 6.38. The number of nitro benzene ring substituents is 1. The molecule has 0 aliphatic carbocycles. The lowest BCUT2D eigenvalue weighted by molar-refractivity contribution is -0.384. The van der Waals surface area contributed by atoms with Gasteiger partial charge in [-0.3, -0.25) is 15.0 Å². The normalized spacial score (nSPS) is 15.6. The van der Waals surface area contributed by atoms with Gasteiger partial charge in [0.1, 0.15) is 0 Å². The summed E-state index contributed by atoms with van der Waals surface area (Å²) in [5.74, 6) is 0. The lowest BCUT2D eigenvalue weighted by Gasteiger charge is -2.35. The summed E-state index contributed by atoms with van der Waals surface area (Å²) in [6.07, 6.45) is 0. The first kappa shape index (κ1) is 20.1. The predicted molar refractivity (Wildman–Crippen MR) is 107 cm³/mol. The summed E-state index contributed by atoms with van der Waals surface area (Å²) in [6, 6.07) is 12.8. The molecule has 1 atom stereocenters. The number of anilines is 1. The van der Waals surface area contributed by atoms with Gasteiger partial charge in [0.05, 0.1) is 24.2 Å². The highest BCUT2D eigenvalue weighted by molar-refractivity contribution is 6.31. The van der Waals surface area contributed by atoms with E-state index in [-0.39, 0.29) is 17.8 Å². The summed E-state index contributed by atoms with van der Waals surface area (Å²) in [4.78, 5) is 24.8. The van der Waals surface area contributed by atoms with Crippen LogP contribution in [0.25, 0.3) is 0 Å². The number of nitro groups is 1. The maximum Gasteiger partial charge on any atom is 0.319 e. The number of carbonyl (C=O) groups excluding carboxylic acids is 1. The van der Waals surface area contributed by atoms with Crippen molar-refractivity contribution >= 4 is 29.0 Å². The zero-order chi connectivity index (χ0) is 19.9. The Labute approximate surface area is 167 Å². The Morgan fingerprint density at radius 3 is 2.50 bits per heavy atom. The SMILES string of the molecule is O=C(NCC(c1ccccc1Cl)N1CCOCC1)Nc1ccc([N+](=O)[O-])cc1. The summed E-state index contributed by atoms with van der Waals surface area (Å²) in [7, 11) is 0. The molecular formula is C19H21ClN4O4. The number of non-ortho nitro benzene ring substituents is 1. The number of carbonyl (C=O) groups is 1. The fourth-order valence-electron chi connectivity index (χ4n) is 3.10. The van der Waals surface area contributed by atoms with Gasteiger partial charge in [-0.2, -0.15) is 0 Å². The van der Waals surface area contributed by atoms with Crippen LogP contribution in [0.3, 0.4) is 0 Å². The molecule has 1 saturated heterocycles. The van der Waals surface area contributed by atoms with Gasteiger partial charge in [0.15, 0.2) is 0 Å². The van der Waals surface area contributed by atoms with E-state index in [0.29, 0.717) is 30.5 Å². The minimum absolute atomic E-state index is 0.0305. The van der Waals surface area contributed by atoms with Crippen LogP contribution in [0, 0.1) is 10.1 Å². The van der Waals surface area contributed by atoms with Crippen LogP contribution in [0.5, 0.6) is 0 Å². The van der Waals surface area contributed by atoms with Crippen molar-refractivity contribution in [3.63, 3.8) is 0 Å². The standard InChI is InChI=1S/C19H21ClN4O4/c20-17-4-2-1-3-16(17)18(23-9-11-28-12-10-23)13-21-19(25)22-14-5-7-15(8-6-14)24(26)27/h1-8,18H,9-13H2,(H2,21,22,25). The van der Waals surface area contributed by atoms with E-state index in [4.69, 9.17) is 16.3 Å². The number of rotatable bonds is 6. The van der Waals surface area contributed by atoms with Crippen molar-refractivity contribution in [3.05, 3.63) is 69.2 Å². The molecule has 28 heavy (non-hydrogen) atoms. The summed E-state index contributed by atoms with van der Waals surface area (Å²) in [6.45, 7) is 3.14. The van der Waals surface area contributed by atoms with Crippen molar-refractivity contribution in [1.82, 2.24) is 10.2 Å². The average molecular weight is 405 g/mol. The molecule has 8 nitrogen and oxygen atoms in total. The number of amides is 2. The highest BCUT2D eigenvalue weighted by Gasteiger charge is 2.24. The van der Waals surface area contributed by atoms with E-state index in [9.17, 15) is 14.9 Å². The Morgan fingerprint density at radius 2 is 1.86 bits per heavy atom. The first-order chi connectivity index (χ1) is 13.5. The van der Waals surface area contributed by atoms with Crippen LogP contribution in [0.2, 0.25) is 5.02 Å². The molecular weight excluding hydrogens is 384 g/mol. The summed E-state index contributed by atoms with van der Waals surface area (Å²) in [5.41, 5.74) is 1.39. The highest BCUT2D eigenvalue weighted by Crippen LogP contribution is 2.27. The van der Waals surface area contributed by atoms with Crippen molar-refractivity contribution in [1.29, 1.82) is 0 Å². The number of morpholine rings is 1. The second-order valence-corrected chi connectivity index (χ2v) is 6.73. The molecule has 0 aromatic heterocycles. The molecule has 2 aromatic carbocycles. The number of benzene rings is 2. The van der Waals surface area contributed by atoms with E-state index in [0.717, 1.165) is 18.7 Å². The lowest BCUT2D eigenvalue weighted by Crippen LogP contribution is -2.44. The average Bonchev–Trinajstić information content (AvgIpc) is 2.70. The number of hydrogen-bond donors (Lipinski definition) is 2. The Kier molecular flexibility index (Phi) is 6.80. The number of halogens is 1. The molecule has 1 fully saturated rings. The topological polar surface area (TPSA) is 96.7 Å². The van der Waals surface area contributed by atoms with E-state index < -0.39 is 4.92 Å². The van der Waals surface area contributed by atoms with E-state index in [1.165, 1.54) is 24.3 Å². The molecule has 1 aliphatic heterocycles. The third-order valence-corrected chi connectivity index (χ3v) is 4.89. The first-order valence-corrected chi connectivity index (χ1v) is 9.28. The van der Waals surface area contributed by atoms with Gasteiger partial charge in [0, 0.05) is 42.5 Å². The van der Waals surface area contributed by atoms with Gasteiger partial charge in [-0.15, -0.1) is 0 Å². The van der Waals surface area contributed by atoms with Crippen molar-refractivity contribution < 1.29 is 14.5 Å². The van der Waals surface area contributed by atoms with Crippen LogP contribution < -0.4 is 10.6 Å². The molecule has 1 aliphatic rings. The maximum atomic E-state index is 12.3. The molecule has 1 heterocycles. The Bertz CT molecular complexity index is 825. The number of nitrogens with zero attached hydrogens (tertiary/aromatic N) is 2. The number of hydrogen-bond acceptors (Lipinski definition) is 5. The van der Waals surface area contributed by atoms with Crippen LogP contribution in [0.1, 0.15) is 11.6 Å². The minimum Gasteiger partial charge on any atom is -0.379 e. The Morgan fingerprint density at radius 1 is 1.18 bits per heavy atom. The second kappa shape index (κ2) is 9.50. The monoisotopic (exact) mass is 404 g/mol. The van der Waals surface area contributed by atoms with Crippen molar-refractivity contribution in [3.8, 4) is 0 Å². The summed E-state index contributed by atoms with van der Waals surface area (Å²) < 4.78 is 5.42. The van der Waals surface area contributed by atoms with Crippen LogP contribution in [0.4, 0.5) is 16.2 Å². The molecule has 2 aromatic rings. The number of nitrogens with one attached hydrogen (secondary N) is 2. The Balaban J connectivity index is 1.64. The van der Waals surface area contributed by atoms with Crippen LogP contribution in [-0.4, -0.2) is 48.7 Å². The predicted octanol–water partition coefficient (Wildman–Crippen LogP) is 3.44. The van der Waals surface area contributed by atoms with Crippen LogP contribution >= 0.6 is 11.6 Å². The minimum atomic E-state index is -0.486. The third-order valence-electron chi connectivity index (χ3n) is 4.54. The van der Waals surface area contributed by atoms with Gasteiger partial charge in [-0.05, 0) is 23.8 Å². The zero-order valence-electron chi connectivity index (χ0n) is 15.1. The quantitative estimate of drug-likeness (QED) is 0.567. The number of urea groups is 1. The van der Waals surface area contributed by atoms with Gasteiger partial charge in [-0.25, -0.2) is 4.79 Å². The van der Waals surface area contributed by atoms with Gasteiger partial charge >= 0.3 is 6.03 Å². The lowest BCUT2D eigenvalue weighted by atomic mass is 10.0. The van der Waals surface area contributed by atoms with Crippen molar-refractivity contribution in [2.45, 2.75) is 6.04 Å². The molecule has 0 radical (unpaired) electrons.